The summed E-state index contributed by atoms with van der Waals surface area (Å²) in [4.78, 5) is 11.0. The smallest absolute Gasteiger partial charge is 0.233 e. The monoisotopic (exact) mass is 244 g/mol. The third kappa shape index (κ3) is 5.48. The number of hydrogen-bond acceptors (Lipinski definition) is 4. The van der Waals surface area contributed by atoms with Crippen LogP contribution >= 0.6 is 0 Å². The van der Waals surface area contributed by atoms with Gasteiger partial charge in [0, 0.05) is 6.42 Å². The number of nitrogens with two attached hydrogens (primary N) is 1. The highest BCUT2D eigenvalue weighted by molar-refractivity contribution is 5.75. The minimum atomic E-state index is -0.144. The van der Waals surface area contributed by atoms with E-state index in [2.05, 4.69) is 19.3 Å². The van der Waals surface area contributed by atoms with Gasteiger partial charge in [0.25, 0.3) is 0 Å². The zero-order valence-corrected chi connectivity index (χ0v) is 10.9. The van der Waals surface area contributed by atoms with Crippen molar-refractivity contribution in [3.05, 3.63) is 0 Å². The summed E-state index contributed by atoms with van der Waals surface area (Å²) in [6.45, 7) is 6.13. The van der Waals surface area contributed by atoms with Crippen molar-refractivity contribution in [3.8, 4) is 0 Å². The van der Waals surface area contributed by atoms with Crippen molar-refractivity contribution in [3.63, 3.8) is 0 Å². The SMILES string of the molecule is CC1CC(OC(C)CCC(=O)NN)CC(C)O1. The van der Waals surface area contributed by atoms with Crippen LogP contribution in [-0.2, 0) is 14.3 Å². The van der Waals surface area contributed by atoms with Gasteiger partial charge in [-0.1, -0.05) is 0 Å². The molecule has 1 amide bonds. The van der Waals surface area contributed by atoms with Gasteiger partial charge in [-0.2, -0.15) is 0 Å². The van der Waals surface area contributed by atoms with Gasteiger partial charge in [0.2, 0.25) is 5.91 Å². The van der Waals surface area contributed by atoms with E-state index in [4.69, 9.17) is 15.3 Å². The largest absolute Gasteiger partial charge is 0.375 e. The van der Waals surface area contributed by atoms with E-state index in [-0.39, 0.29) is 30.3 Å². The van der Waals surface area contributed by atoms with E-state index >= 15 is 0 Å². The molecule has 17 heavy (non-hydrogen) atoms. The van der Waals surface area contributed by atoms with Crippen molar-refractivity contribution in [2.75, 3.05) is 0 Å². The Kier molecular flexibility index (Phi) is 5.88. The van der Waals surface area contributed by atoms with Crippen LogP contribution in [0.1, 0.15) is 46.5 Å². The molecule has 0 spiro atoms. The second-order valence-corrected chi connectivity index (χ2v) is 4.90. The lowest BCUT2D eigenvalue weighted by molar-refractivity contribution is -0.127. The van der Waals surface area contributed by atoms with Crippen LogP contribution < -0.4 is 11.3 Å². The standard InChI is InChI=1S/C12H24N2O3/c1-8(4-5-12(15)14-13)17-11-6-9(2)16-10(3)7-11/h8-11H,4-7,13H2,1-3H3,(H,14,15). The van der Waals surface area contributed by atoms with Gasteiger partial charge in [-0.15, -0.1) is 0 Å². The Morgan fingerprint density at radius 3 is 2.59 bits per heavy atom. The predicted octanol–water partition coefficient (Wildman–Crippen LogP) is 1.12. The number of hydrazine groups is 1. The van der Waals surface area contributed by atoms with E-state index in [9.17, 15) is 4.79 Å². The van der Waals surface area contributed by atoms with E-state index in [1.165, 1.54) is 0 Å². The first-order valence-electron chi connectivity index (χ1n) is 6.31. The van der Waals surface area contributed by atoms with Crippen LogP contribution in [0, 0.1) is 0 Å². The average molecular weight is 244 g/mol. The van der Waals surface area contributed by atoms with Crippen LogP contribution in [-0.4, -0.2) is 30.3 Å². The highest BCUT2D eigenvalue weighted by Gasteiger charge is 2.26. The second kappa shape index (κ2) is 6.93. The fraction of sp³-hybridized carbons (Fsp3) is 0.917. The van der Waals surface area contributed by atoms with Crippen molar-refractivity contribution < 1.29 is 14.3 Å². The summed E-state index contributed by atoms with van der Waals surface area (Å²) in [6.07, 6.45) is 3.79. The first-order chi connectivity index (χ1) is 8.01. The fourth-order valence-corrected chi connectivity index (χ4v) is 2.26. The summed E-state index contributed by atoms with van der Waals surface area (Å²) >= 11 is 0. The number of rotatable bonds is 5. The third-order valence-electron chi connectivity index (χ3n) is 3.02. The van der Waals surface area contributed by atoms with Crippen LogP contribution in [0.3, 0.4) is 0 Å². The Morgan fingerprint density at radius 1 is 1.47 bits per heavy atom. The Balaban J connectivity index is 2.25. The van der Waals surface area contributed by atoms with Crippen LogP contribution in [0.15, 0.2) is 0 Å². The maximum atomic E-state index is 11.0. The fourth-order valence-electron chi connectivity index (χ4n) is 2.26. The minimum Gasteiger partial charge on any atom is -0.375 e. The molecule has 0 aromatic carbocycles. The molecule has 0 radical (unpaired) electrons. The molecule has 100 valence electrons. The number of hydrogen-bond donors (Lipinski definition) is 2. The van der Waals surface area contributed by atoms with Crippen LogP contribution in [0.25, 0.3) is 0 Å². The summed E-state index contributed by atoms with van der Waals surface area (Å²) in [6, 6.07) is 0. The molecule has 1 saturated heterocycles. The maximum absolute atomic E-state index is 11.0. The lowest BCUT2D eigenvalue weighted by Gasteiger charge is -2.33. The number of carbonyl (C=O) groups is 1. The minimum absolute atomic E-state index is 0.0785. The number of nitrogens with one attached hydrogen (secondary N) is 1. The molecule has 1 rings (SSSR count). The molecule has 1 heterocycles. The number of ether oxygens (including phenoxy) is 2. The van der Waals surface area contributed by atoms with Gasteiger partial charge in [0.15, 0.2) is 0 Å². The summed E-state index contributed by atoms with van der Waals surface area (Å²) in [5.41, 5.74) is 2.12. The zero-order chi connectivity index (χ0) is 12.8. The van der Waals surface area contributed by atoms with E-state index in [1.54, 1.807) is 0 Å². The van der Waals surface area contributed by atoms with Crippen molar-refractivity contribution in [2.24, 2.45) is 5.84 Å². The normalized spacial score (nSPS) is 30.9. The zero-order valence-electron chi connectivity index (χ0n) is 10.9. The molecule has 0 aromatic heterocycles. The molecular weight excluding hydrogens is 220 g/mol. The molecule has 3 unspecified atom stereocenters. The summed E-state index contributed by atoms with van der Waals surface area (Å²) < 4.78 is 11.6. The first-order valence-corrected chi connectivity index (χ1v) is 6.31. The lowest BCUT2D eigenvalue weighted by atomic mass is 10.0. The highest BCUT2D eigenvalue weighted by atomic mass is 16.5. The summed E-state index contributed by atoms with van der Waals surface area (Å²) in [5, 5.41) is 0. The predicted molar refractivity (Wildman–Crippen MR) is 65.1 cm³/mol. The second-order valence-electron chi connectivity index (χ2n) is 4.90. The van der Waals surface area contributed by atoms with E-state index in [0.717, 1.165) is 12.8 Å². The molecule has 0 aliphatic carbocycles. The van der Waals surface area contributed by atoms with Gasteiger partial charge in [-0.25, -0.2) is 5.84 Å². The van der Waals surface area contributed by atoms with Crippen molar-refractivity contribution >= 4 is 5.91 Å². The van der Waals surface area contributed by atoms with Gasteiger partial charge < -0.3 is 9.47 Å². The molecule has 0 saturated carbocycles. The summed E-state index contributed by atoms with van der Waals surface area (Å²) in [7, 11) is 0. The van der Waals surface area contributed by atoms with Crippen LogP contribution in [0.5, 0.6) is 0 Å². The van der Waals surface area contributed by atoms with Crippen LogP contribution in [0.2, 0.25) is 0 Å². The highest BCUT2D eigenvalue weighted by Crippen LogP contribution is 2.23. The van der Waals surface area contributed by atoms with Gasteiger partial charge in [-0.3, -0.25) is 10.2 Å². The Bertz CT molecular complexity index is 238. The van der Waals surface area contributed by atoms with Crippen molar-refractivity contribution in [1.82, 2.24) is 5.43 Å². The van der Waals surface area contributed by atoms with E-state index < -0.39 is 0 Å². The van der Waals surface area contributed by atoms with Crippen molar-refractivity contribution in [1.29, 1.82) is 0 Å². The molecule has 5 heteroatoms. The van der Waals surface area contributed by atoms with E-state index in [1.807, 2.05) is 6.92 Å². The molecular formula is C12H24N2O3. The van der Waals surface area contributed by atoms with Gasteiger partial charge in [0.05, 0.1) is 24.4 Å². The molecule has 3 N–H and O–H groups in total. The number of amides is 1. The quantitative estimate of drug-likeness (QED) is 0.432. The number of carbonyl (C=O) groups excluding carboxylic acids is 1. The molecule has 1 fully saturated rings. The summed E-state index contributed by atoms with van der Waals surface area (Å²) in [5.74, 6) is 4.88. The molecule has 3 atom stereocenters. The Labute approximate surface area is 103 Å². The Morgan fingerprint density at radius 2 is 2.06 bits per heavy atom. The van der Waals surface area contributed by atoms with Gasteiger partial charge >= 0.3 is 0 Å². The Hall–Kier alpha value is -0.650. The topological polar surface area (TPSA) is 73.6 Å². The molecule has 1 aliphatic rings. The average Bonchev–Trinajstić information content (AvgIpc) is 2.24. The third-order valence-corrected chi connectivity index (χ3v) is 3.02. The van der Waals surface area contributed by atoms with E-state index in [0.29, 0.717) is 12.8 Å². The molecule has 0 bridgehead atoms. The van der Waals surface area contributed by atoms with Gasteiger partial charge in [-0.05, 0) is 40.0 Å². The molecule has 1 aliphatic heterocycles. The first kappa shape index (κ1) is 14.4. The van der Waals surface area contributed by atoms with Gasteiger partial charge in [0.1, 0.15) is 0 Å². The van der Waals surface area contributed by atoms with Crippen molar-refractivity contribution in [2.45, 2.75) is 70.9 Å². The maximum Gasteiger partial charge on any atom is 0.233 e. The molecule has 5 nitrogen and oxygen atoms in total. The lowest BCUT2D eigenvalue weighted by Crippen LogP contribution is -2.36. The van der Waals surface area contributed by atoms with Crippen LogP contribution in [0.4, 0.5) is 0 Å². The molecule has 0 aromatic rings.